The second kappa shape index (κ2) is 11.2. The van der Waals surface area contributed by atoms with E-state index in [0.717, 1.165) is 12.8 Å². The van der Waals surface area contributed by atoms with Gasteiger partial charge in [-0.2, -0.15) is 0 Å². The van der Waals surface area contributed by atoms with Crippen LogP contribution in [-0.2, 0) is 0 Å². The summed E-state index contributed by atoms with van der Waals surface area (Å²) >= 11 is 5.92. The van der Waals surface area contributed by atoms with Crippen molar-refractivity contribution in [1.82, 2.24) is 15.5 Å². The van der Waals surface area contributed by atoms with Gasteiger partial charge in [0.1, 0.15) is 5.82 Å². The van der Waals surface area contributed by atoms with Crippen LogP contribution in [0.5, 0.6) is 0 Å². The van der Waals surface area contributed by atoms with E-state index in [4.69, 9.17) is 11.6 Å². The quantitative estimate of drug-likeness (QED) is 0.486. The maximum absolute atomic E-state index is 14.0. The minimum Gasteiger partial charge on any atom is -0.390 e. The van der Waals surface area contributed by atoms with E-state index in [2.05, 4.69) is 16.0 Å². The van der Waals surface area contributed by atoms with Crippen LogP contribution in [0.15, 0.2) is 42.5 Å². The zero-order valence-electron chi connectivity index (χ0n) is 19.6. The van der Waals surface area contributed by atoms with Crippen LogP contribution in [-0.4, -0.2) is 72.9 Å². The number of nitrogens with zero attached hydrogens (tertiary/aromatic N) is 2. The van der Waals surface area contributed by atoms with Gasteiger partial charge in [-0.05, 0) is 62.2 Å². The van der Waals surface area contributed by atoms with E-state index in [-0.39, 0.29) is 24.0 Å². The Balaban J connectivity index is 1.34. The molecule has 8 nitrogen and oxygen atoms in total. The number of anilines is 2. The predicted molar refractivity (Wildman–Crippen MR) is 135 cm³/mol. The van der Waals surface area contributed by atoms with Crippen LogP contribution in [0.3, 0.4) is 0 Å². The van der Waals surface area contributed by atoms with E-state index in [1.54, 1.807) is 24.3 Å². The number of nitrogens with one attached hydrogen (secondary N) is 3. The van der Waals surface area contributed by atoms with Crippen LogP contribution in [0.1, 0.15) is 30.1 Å². The number of hydrogen-bond acceptors (Lipinski definition) is 5. The molecule has 188 valence electrons. The molecule has 2 atom stereocenters. The number of aliphatic hydroxyl groups is 1. The monoisotopic (exact) mass is 503 g/mol. The Morgan fingerprint density at radius 1 is 1.11 bits per heavy atom. The fraction of sp³-hybridized carbons (Fsp3) is 0.440. The van der Waals surface area contributed by atoms with Crippen molar-refractivity contribution in [2.24, 2.45) is 0 Å². The summed E-state index contributed by atoms with van der Waals surface area (Å²) < 4.78 is 14.0. The number of amides is 3. The largest absolute Gasteiger partial charge is 0.390 e. The van der Waals surface area contributed by atoms with Crippen molar-refractivity contribution in [1.29, 1.82) is 0 Å². The van der Waals surface area contributed by atoms with Gasteiger partial charge in [0.25, 0.3) is 5.91 Å². The summed E-state index contributed by atoms with van der Waals surface area (Å²) in [5.74, 6) is -0.421. The predicted octanol–water partition coefficient (Wildman–Crippen LogP) is 3.06. The number of hydrogen-bond donors (Lipinski definition) is 4. The van der Waals surface area contributed by atoms with Gasteiger partial charge < -0.3 is 30.9 Å². The zero-order valence-corrected chi connectivity index (χ0v) is 20.4. The highest BCUT2D eigenvalue weighted by Crippen LogP contribution is 2.30. The Kier molecular flexibility index (Phi) is 8.10. The first kappa shape index (κ1) is 25.2. The first-order valence-electron chi connectivity index (χ1n) is 11.9. The third-order valence-electron chi connectivity index (χ3n) is 6.50. The molecule has 0 saturated carbocycles. The summed E-state index contributed by atoms with van der Waals surface area (Å²) in [5, 5.41) is 20.3. The number of carbonyl (C=O) groups is 2. The second-order valence-electron chi connectivity index (χ2n) is 8.96. The molecule has 2 aromatic carbocycles. The minimum atomic E-state index is -0.649. The summed E-state index contributed by atoms with van der Waals surface area (Å²) in [5.41, 5.74) is 1.64. The average Bonchev–Trinajstić information content (AvgIpc) is 3.20. The Hall–Kier alpha value is -2.88. The van der Waals surface area contributed by atoms with Crippen molar-refractivity contribution in [2.75, 3.05) is 42.9 Å². The molecule has 0 spiro atoms. The molecule has 0 bridgehead atoms. The molecule has 35 heavy (non-hydrogen) atoms. The summed E-state index contributed by atoms with van der Waals surface area (Å²) in [7, 11) is 0. The summed E-state index contributed by atoms with van der Waals surface area (Å²) in [6, 6.07) is 10.7. The highest BCUT2D eigenvalue weighted by molar-refractivity contribution is 6.30. The lowest BCUT2D eigenvalue weighted by molar-refractivity contribution is 0.0691. The molecule has 10 heteroatoms. The van der Waals surface area contributed by atoms with Crippen molar-refractivity contribution in [3.05, 3.63) is 58.9 Å². The number of piperidine rings is 1. The highest BCUT2D eigenvalue weighted by Gasteiger charge is 2.35. The molecular weight excluding hydrogens is 473 g/mol. The number of benzene rings is 2. The normalized spacial score (nSPS) is 20.7. The van der Waals surface area contributed by atoms with Crippen LogP contribution >= 0.6 is 11.6 Å². The lowest BCUT2D eigenvalue weighted by atomic mass is 10.0. The Labute approximate surface area is 209 Å². The van der Waals surface area contributed by atoms with Gasteiger partial charge in [0, 0.05) is 49.4 Å². The molecule has 2 aliphatic heterocycles. The number of urea groups is 1. The highest BCUT2D eigenvalue weighted by atomic mass is 35.5. The molecule has 1 unspecified atom stereocenters. The second-order valence-corrected chi connectivity index (χ2v) is 9.40. The fourth-order valence-corrected chi connectivity index (χ4v) is 4.80. The van der Waals surface area contributed by atoms with Crippen molar-refractivity contribution in [2.45, 2.75) is 38.0 Å². The van der Waals surface area contributed by atoms with Crippen molar-refractivity contribution < 1.29 is 19.1 Å². The topological polar surface area (TPSA) is 96.9 Å². The number of rotatable bonds is 6. The molecule has 2 aromatic rings. The van der Waals surface area contributed by atoms with Gasteiger partial charge in [-0.15, -0.1) is 0 Å². The number of carbonyl (C=O) groups excluding carboxylic acids is 2. The Morgan fingerprint density at radius 3 is 2.51 bits per heavy atom. The van der Waals surface area contributed by atoms with E-state index >= 15 is 0 Å². The van der Waals surface area contributed by atoms with E-state index in [9.17, 15) is 19.1 Å². The summed E-state index contributed by atoms with van der Waals surface area (Å²) in [4.78, 5) is 28.5. The number of β-amino-alcohol motifs (C(OH)–C–C–N with tert-alkyl or cyclic N) is 1. The van der Waals surface area contributed by atoms with E-state index < -0.39 is 11.9 Å². The molecule has 2 saturated heterocycles. The molecule has 0 radical (unpaired) electrons. The SMILES string of the molecule is CCNC(=O)Nc1ccc(F)cc1N1CC(NC2CCN(C(=O)c3ccc(Cl)cc3)CC2)[C@H](O)C1. The molecule has 2 heterocycles. The van der Waals surface area contributed by atoms with Crippen molar-refractivity contribution in [3.63, 3.8) is 0 Å². The van der Waals surface area contributed by atoms with Gasteiger partial charge in [0.05, 0.1) is 23.5 Å². The summed E-state index contributed by atoms with van der Waals surface area (Å²) in [6.07, 6.45) is 0.892. The lowest BCUT2D eigenvalue weighted by Gasteiger charge is -2.34. The first-order chi connectivity index (χ1) is 16.8. The number of aliphatic hydroxyl groups excluding tert-OH is 1. The molecule has 4 rings (SSSR count). The molecule has 0 aromatic heterocycles. The average molecular weight is 504 g/mol. The minimum absolute atomic E-state index is 0.00886. The zero-order chi connectivity index (χ0) is 24.9. The molecule has 0 aliphatic carbocycles. The third-order valence-corrected chi connectivity index (χ3v) is 6.75. The van der Waals surface area contributed by atoms with Gasteiger partial charge in [-0.1, -0.05) is 11.6 Å². The lowest BCUT2D eigenvalue weighted by Crippen LogP contribution is -2.50. The van der Waals surface area contributed by atoms with Crippen LogP contribution in [0.4, 0.5) is 20.6 Å². The fourth-order valence-electron chi connectivity index (χ4n) is 4.67. The molecule has 2 fully saturated rings. The van der Waals surface area contributed by atoms with Crippen molar-refractivity contribution >= 4 is 34.9 Å². The van der Waals surface area contributed by atoms with Gasteiger partial charge in [-0.3, -0.25) is 4.79 Å². The molecular formula is C25H31ClFN5O3. The maximum atomic E-state index is 14.0. The van der Waals surface area contributed by atoms with Crippen LogP contribution in [0.25, 0.3) is 0 Å². The first-order valence-corrected chi connectivity index (χ1v) is 12.3. The standard InChI is InChI=1S/C25H31ClFN5O3/c1-2-28-25(35)30-20-8-7-18(27)13-22(20)32-14-21(23(33)15-32)29-19-9-11-31(12-10-19)24(34)16-3-5-17(26)6-4-16/h3-8,13,19,21,23,29,33H,2,9-12,14-15H2,1H3,(H2,28,30,35)/t21?,23-/m1/s1. The number of halogens is 2. The van der Waals surface area contributed by atoms with Gasteiger partial charge in [-0.25, -0.2) is 9.18 Å². The van der Waals surface area contributed by atoms with E-state index in [1.165, 1.54) is 18.2 Å². The van der Waals surface area contributed by atoms with Gasteiger partial charge in [0.15, 0.2) is 0 Å². The van der Waals surface area contributed by atoms with E-state index in [1.807, 2.05) is 16.7 Å². The summed E-state index contributed by atoms with van der Waals surface area (Å²) in [6.45, 7) is 4.32. The molecule has 4 N–H and O–H groups in total. The molecule has 2 aliphatic rings. The smallest absolute Gasteiger partial charge is 0.319 e. The van der Waals surface area contributed by atoms with Crippen LogP contribution in [0, 0.1) is 5.82 Å². The Bertz CT molecular complexity index is 1050. The maximum Gasteiger partial charge on any atom is 0.319 e. The van der Waals surface area contributed by atoms with Crippen LogP contribution in [0.2, 0.25) is 5.02 Å². The number of likely N-dealkylation sites (tertiary alicyclic amines) is 1. The molecule has 3 amide bonds. The van der Waals surface area contributed by atoms with Crippen LogP contribution < -0.4 is 20.9 Å². The van der Waals surface area contributed by atoms with Gasteiger partial charge in [0.2, 0.25) is 0 Å². The third kappa shape index (κ3) is 6.22. The Morgan fingerprint density at radius 2 is 1.83 bits per heavy atom. The van der Waals surface area contributed by atoms with E-state index in [0.29, 0.717) is 54.7 Å². The van der Waals surface area contributed by atoms with Crippen molar-refractivity contribution in [3.8, 4) is 0 Å². The van der Waals surface area contributed by atoms with Gasteiger partial charge >= 0.3 is 6.03 Å².